The average Bonchev–Trinajstić information content (AvgIpc) is 2.55. The molecule has 118 valence electrons. The number of hydrogen-bond acceptors (Lipinski definition) is 7. The van der Waals surface area contributed by atoms with Crippen LogP contribution in [0.3, 0.4) is 0 Å². The van der Waals surface area contributed by atoms with Crippen LogP contribution in [0.4, 0.5) is 0 Å². The zero-order valence-corrected chi connectivity index (χ0v) is 11.6. The molecule has 5 atom stereocenters. The maximum absolute atomic E-state index is 9.99. The highest BCUT2D eigenvalue weighted by Crippen LogP contribution is 2.28. The van der Waals surface area contributed by atoms with Crippen LogP contribution < -0.4 is 4.74 Å². The van der Waals surface area contributed by atoms with Gasteiger partial charge in [-0.1, -0.05) is 18.2 Å². The van der Waals surface area contributed by atoms with Gasteiger partial charge in [-0.2, -0.15) is 0 Å². The van der Waals surface area contributed by atoms with Crippen LogP contribution in [0.25, 0.3) is 10.9 Å². The molecule has 0 unspecified atom stereocenters. The Kier molecular flexibility index (Phi) is 4.23. The zero-order chi connectivity index (χ0) is 15.7. The van der Waals surface area contributed by atoms with Crippen molar-refractivity contribution >= 4 is 10.9 Å². The van der Waals surface area contributed by atoms with Gasteiger partial charge in [0.2, 0.25) is 6.29 Å². The van der Waals surface area contributed by atoms with Crippen molar-refractivity contribution in [1.29, 1.82) is 0 Å². The Morgan fingerprint density at radius 2 is 1.82 bits per heavy atom. The predicted molar refractivity (Wildman–Crippen MR) is 76.1 cm³/mol. The minimum absolute atomic E-state index is 0.377. The summed E-state index contributed by atoms with van der Waals surface area (Å²) in [5.41, 5.74) is 0.585. The number of aliphatic hydroxyl groups excluding tert-OH is 4. The standard InChI is InChI=1S/C15H17NO6/c17-7-10-12(18)13(19)14(20)15(22-10)21-9-5-1-3-8-4-2-6-16-11(8)9/h1-6,10,12-15,17-20H,7H2/t10-,12+,13+,14+,15-/m0/s1. The van der Waals surface area contributed by atoms with Gasteiger partial charge < -0.3 is 29.9 Å². The molecule has 0 spiro atoms. The molecule has 0 bridgehead atoms. The predicted octanol–water partition coefficient (Wildman–Crippen LogP) is -0.587. The van der Waals surface area contributed by atoms with Crippen LogP contribution in [-0.4, -0.2) is 62.7 Å². The molecule has 0 radical (unpaired) electrons. The van der Waals surface area contributed by atoms with Crippen molar-refractivity contribution in [2.24, 2.45) is 0 Å². The molecule has 1 aliphatic rings. The number of ether oxygens (including phenoxy) is 2. The quantitative estimate of drug-likeness (QED) is 0.600. The van der Waals surface area contributed by atoms with Crippen molar-refractivity contribution in [2.45, 2.75) is 30.7 Å². The van der Waals surface area contributed by atoms with Crippen LogP contribution in [0.1, 0.15) is 0 Å². The van der Waals surface area contributed by atoms with Crippen molar-refractivity contribution in [3.05, 3.63) is 36.5 Å². The molecule has 7 heteroatoms. The fraction of sp³-hybridized carbons (Fsp3) is 0.400. The fourth-order valence-electron chi connectivity index (χ4n) is 2.46. The molecule has 0 aliphatic carbocycles. The molecule has 4 N–H and O–H groups in total. The maximum Gasteiger partial charge on any atom is 0.229 e. The summed E-state index contributed by atoms with van der Waals surface area (Å²) < 4.78 is 10.9. The number of rotatable bonds is 3. The summed E-state index contributed by atoms with van der Waals surface area (Å²) in [6.07, 6.45) is -4.95. The summed E-state index contributed by atoms with van der Waals surface area (Å²) in [5.74, 6) is 0.377. The van der Waals surface area contributed by atoms with Crippen LogP contribution in [0.5, 0.6) is 5.75 Å². The second-order valence-electron chi connectivity index (χ2n) is 5.15. The summed E-state index contributed by atoms with van der Waals surface area (Å²) in [4.78, 5) is 4.22. The van der Waals surface area contributed by atoms with Crippen LogP contribution >= 0.6 is 0 Å². The molecule has 22 heavy (non-hydrogen) atoms. The third-order valence-corrected chi connectivity index (χ3v) is 3.69. The topological polar surface area (TPSA) is 112 Å². The van der Waals surface area contributed by atoms with E-state index in [2.05, 4.69) is 4.98 Å². The molecule has 1 aliphatic heterocycles. The molecular weight excluding hydrogens is 290 g/mol. The Bertz CT molecular complexity index is 643. The second kappa shape index (κ2) is 6.15. The number of aliphatic hydroxyl groups is 4. The fourth-order valence-corrected chi connectivity index (χ4v) is 2.46. The van der Waals surface area contributed by atoms with Crippen LogP contribution in [0.15, 0.2) is 36.5 Å². The largest absolute Gasteiger partial charge is 0.460 e. The van der Waals surface area contributed by atoms with Gasteiger partial charge in [0.1, 0.15) is 35.7 Å². The average molecular weight is 307 g/mol. The van der Waals surface area contributed by atoms with Gasteiger partial charge >= 0.3 is 0 Å². The SMILES string of the molecule is OC[C@@H]1O[C@H](Oc2cccc3cccnc23)[C@H](O)[C@H](O)[C@@H]1O. The van der Waals surface area contributed by atoms with Crippen LogP contribution in [0, 0.1) is 0 Å². The Balaban J connectivity index is 1.87. The minimum atomic E-state index is -1.47. The lowest BCUT2D eigenvalue weighted by Gasteiger charge is -2.39. The van der Waals surface area contributed by atoms with E-state index in [4.69, 9.17) is 9.47 Å². The van der Waals surface area contributed by atoms with Crippen molar-refractivity contribution in [1.82, 2.24) is 4.98 Å². The zero-order valence-electron chi connectivity index (χ0n) is 11.6. The Labute approximate surface area is 126 Å². The monoisotopic (exact) mass is 307 g/mol. The van der Waals surface area contributed by atoms with E-state index < -0.39 is 37.3 Å². The first-order chi connectivity index (χ1) is 10.6. The van der Waals surface area contributed by atoms with Crippen LogP contribution in [0.2, 0.25) is 0 Å². The van der Waals surface area contributed by atoms with Gasteiger partial charge in [-0.3, -0.25) is 4.98 Å². The van der Waals surface area contributed by atoms with E-state index in [1.807, 2.05) is 12.1 Å². The van der Waals surface area contributed by atoms with Gasteiger partial charge in [-0.15, -0.1) is 0 Å². The van der Waals surface area contributed by atoms with Crippen LogP contribution in [-0.2, 0) is 4.74 Å². The van der Waals surface area contributed by atoms with Crippen molar-refractivity contribution in [3.63, 3.8) is 0 Å². The molecule has 7 nitrogen and oxygen atoms in total. The Morgan fingerprint density at radius 1 is 1.05 bits per heavy atom. The molecule has 2 heterocycles. The summed E-state index contributed by atoms with van der Waals surface area (Å²) in [6.45, 7) is -0.501. The first-order valence-corrected chi connectivity index (χ1v) is 6.92. The number of hydrogen-bond donors (Lipinski definition) is 4. The Morgan fingerprint density at radius 3 is 2.59 bits per heavy atom. The Hall–Kier alpha value is -1.77. The molecule has 3 rings (SSSR count). The molecule has 1 fully saturated rings. The van der Waals surface area contributed by atoms with E-state index in [1.54, 1.807) is 24.4 Å². The molecule has 1 aromatic heterocycles. The van der Waals surface area contributed by atoms with Gasteiger partial charge in [-0.05, 0) is 12.1 Å². The lowest BCUT2D eigenvalue weighted by molar-refractivity contribution is -0.277. The van der Waals surface area contributed by atoms with E-state index in [0.717, 1.165) is 5.39 Å². The van der Waals surface area contributed by atoms with Gasteiger partial charge in [0.25, 0.3) is 0 Å². The number of fused-ring (bicyclic) bond motifs is 1. The van der Waals surface area contributed by atoms with Crippen molar-refractivity contribution in [3.8, 4) is 5.75 Å². The van der Waals surface area contributed by atoms with E-state index in [0.29, 0.717) is 11.3 Å². The highest BCUT2D eigenvalue weighted by molar-refractivity contribution is 5.84. The number of nitrogens with zero attached hydrogens (tertiary/aromatic N) is 1. The molecule has 2 aromatic rings. The first kappa shape index (κ1) is 15.1. The summed E-state index contributed by atoms with van der Waals surface area (Å²) >= 11 is 0. The van der Waals surface area contributed by atoms with E-state index >= 15 is 0 Å². The number of para-hydroxylation sites is 1. The summed E-state index contributed by atoms with van der Waals surface area (Å²) in [7, 11) is 0. The number of pyridine rings is 1. The molecule has 1 aromatic carbocycles. The first-order valence-electron chi connectivity index (χ1n) is 6.92. The highest BCUT2D eigenvalue weighted by atomic mass is 16.7. The normalized spacial score (nSPS) is 32.1. The minimum Gasteiger partial charge on any atom is -0.460 e. The van der Waals surface area contributed by atoms with E-state index in [9.17, 15) is 20.4 Å². The van der Waals surface area contributed by atoms with Gasteiger partial charge in [0, 0.05) is 11.6 Å². The lowest BCUT2D eigenvalue weighted by atomic mass is 9.99. The van der Waals surface area contributed by atoms with Gasteiger partial charge in [0.15, 0.2) is 0 Å². The van der Waals surface area contributed by atoms with Crippen molar-refractivity contribution < 1.29 is 29.9 Å². The molecular formula is C15H17NO6. The third-order valence-electron chi connectivity index (χ3n) is 3.69. The van der Waals surface area contributed by atoms with E-state index in [-0.39, 0.29) is 0 Å². The lowest BCUT2D eigenvalue weighted by Crippen LogP contribution is -2.60. The molecule has 0 saturated carbocycles. The van der Waals surface area contributed by atoms with E-state index in [1.165, 1.54) is 0 Å². The molecule has 1 saturated heterocycles. The highest BCUT2D eigenvalue weighted by Gasteiger charge is 2.44. The number of aromatic nitrogens is 1. The second-order valence-corrected chi connectivity index (χ2v) is 5.15. The van der Waals surface area contributed by atoms with Gasteiger partial charge in [-0.25, -0.2) is 0 Å². The van der Waals surface area contributed by atoms with Gasteiger partial charge in [0.05, 0.1) is 6.61 Å². The van der Waals surface area contributed by atoms with Crippen molar-refractivity contribution in [2.75, 3.05) is 6.61 Å². The molecule has 0 amide bonds. The number of benzene rings is 1. The summed E-state index contributed by atoms with van der Waals surface area (Å²) in [5, 5.41) is 39.5. The third kappa shape index (κ3) is 2.65. The maximum atomic E-state index is 9.99. The summed E-state index contributed by atoms with van der Waals surface area (Å²) in [6, 6.07) is 8.95. The smallest absolute Gasteiger partial charge is 0.229 e.